The second kappa shape index (κ2) is 10.0. The molecule has 4 rings (SSSR count). The highest BCUT2D eigenvalue weighted by Gasteiger charge is 2.41. The summed E-state index contributed by atoms with van der Waals surface area (Å²) in [4.78, 5) is 11.1. The Bertz CT molecular complexity index is 1240. The number of aliphatic hydroxyl groups is 1. The van der Waals surface area contributed by atoms with Crippen molar-refractivity contribution < 1.29 is 14.6 Å². The second-order valence-electron chi connectivity index (χ2n) is 7.99. The Morgan fingerprint density at radius 2 is 2.09 bits per heavy atom. The first kappa shape index (κ1) is 23.4. The molecule has 0 radical (unpaired) electrons. The number of ether oxygens (including phenoxy) is 2. The van der Waals surface area contributed by atoms with Crippen LogP contribution in [0, 0.1) is 18.3 Å². The van der Waals surface area contributed by atoms with Crippen LogP contribution in [0.4, 0.5) is 5.82 Å². The molecule has 0 amide bonds. The largest absolute Gasteiger partial charge is 0.456 e. The average molecular weight is 458 g/mol. The Balaban J connectivity index is 1.65. The summed E-state index contributed by atoms with van der Waals surface area (Å²) in [6.45, 7) is 9.28. The Labute approximate surface area is 198 Å². The fourth-order valence-corrected chi connectivity index (χ4v) is 3.71. The summed E-state index contributed by atoms with van der Waals surface area (Å²) < 4.78 is 11.8. The van der Waals surface area contributed by atoms with Crippen molar-refractivity contribution in [1.29, 1.82) is 5.26 Å². The molecule has 0 saturated carbocycles. The molecule has 3 heterocycles. The predicted molar refractivity (Wildman–Crippen MR) is 129 cm³/mol. The third-order valence-corrected chi connectivity index (χ3v) is 5.59. The van der Waals surface area contributed by atoms with Crippen LogP contribution in [-0.4, -0.2) is 40.9 Å². The molecule has 2 aromatic heterocycles. The molecular weight excluding hydrogens is 430 g/mol. The molecule has 1 aliphatic rings. The molecule has 1 saturated heterocycles. The highest BCUT2D eigenvalue weighted by atomic mass is 16.5. The van der Waals surface area contributed by atoms with E-state index in [1.54, 1.807) is 36.5 Å². The van der Waals surface area contributed by atoms with E-state index in [4.69, 9.17) is 15.2 Å². The van der Waals surface area contributed by atoms with E-state index in [2.05, 4.69) is 22.6 Å². The zero-order chi connectivity index (χ0) is 24.2. The van der Waals surface area contributed by atoms with Gasteiger partial charge in [0.05, 0.1) is 36.1 Å². The van der Waals surface area contributed by atoms with Crippen molar-refractivity contribution in [2.45, 2.75) is 26.0 Å². The lowest BCUT2D eigenvalue weighted by molar-refractivity contribution is 0.152. The van der Waals surface area contributed by atoms with E-state index in [1.807, 2.05) is 30.9 Å². The van der Waals surface area contributed by atoms with Crippen molar-refractivity contribution in [3.05, 3.63) is 77.8 Å². The number of nitrogens with zero attached hydrogens (tertiary/aromatic N) is 4. The van der Waals surface area contributed by atoms with Gasteiger partial charge in [-0.05, 0) is 38.1 Å². The first-order valence-electron chi connectivity index (χ1n) is 11.1. The number of hydrogen-bond donors (Lipinski definition) is 2. The monoisotopic (exact) mass is 457 g/mol. The van der Waals surface area contributed by atoms with Gasteiger partial charge in [0.25, 0.3) is 0 Å². The molecule has 2 unspecified atom stereocenters. The van der Waals surface area contributed by atoms with Crippen molar-refractivity contribution >= 4 is 5.82 Å². The molecular formula is C26H27N5O3. The fraction of sp³-hybridized carbons (Fsp3) is 0.269. The van der Waals surface area contributed by atoms with Crippen molar-refractivity contribution in [1.82, 2.24) is 9.97 Å². The molecule has 0 bridgehead atoms. The second-order valence-corrected chi connectivity index (χ2v) is 7.99. The lowest BCUT2D eigenvalue weighted by Gasteiger charge is -2.14. The maximum atomic E-state index is 9.95. The van der Waals surface area contributed by atoms with E-state index >= 15 is 0 Å². The minimum atomic E-state index is -0.768. The summed E-state index contributed by atoms with van der Waals surface area (Å²) in [7, 11) is 0. The number of aliphatic hydroxyl groups excluding tert-OH is 1. The number of aromatic nitrogens is 2. The number of nitriles is 1. The summed E-state index contributed by atoms with van der Waals surface area (Å²) in [5.41, 5.74) is 9.75. The molecule has 8 nitrogen and oxygen atoms in total. The zero-order valence-corrected chi connectivity index (χ0v) is 19.2. The number of hydrogen-bond acceptors (Lipinski definition) is 8. The van der Waals surface area contributed by atoms with Crippen molar-refractivity contribution in [2.75, 3.05) is 24.7 Å². The summed E-state index contributed by atoms with van der Waals surface area (Å²) in [6, 6.07) is 14.7. The van der Waals surface area contributed by atoms with Crippen LogP contribution >= 0.6 is 0 Å². The molecule has 3 aromatic rings. The van der Waals surface area contributed by atoms with Crippen LogP contribution in [0.3, 0.4) is 0 Å². The van der Waals surface area contributed by atoms with Gasteiger partial charge in [0, 0.05) is 54.0 Å². The van der Waals surface area contributed by atoms with Crippen LogP contribution < -0.4 is 15.4 Å². The highest BCUT2D eigenvalue weighted by molar-refractivity contribution is 5.70. The normalized spacial score (nSPS) is 15.7. The minimum Gasteiger partial charge on any atom is -0.456 e. The molecule has 2 atom stereocenters. The summed E-state index contributed by atoms with van der Waals surface area (Å²) in [5.74, 6) is 1.82. The molecule has 34 heavy (non-hydrogen) atoms. The predicted octanol–water partition coefficient (Wildman–Crippen LogP) is 3.85. The molecule has 174 valence electrons. The molecule has 1 aromatic carbocycles. The van der Waals surface area contributed by atoms with Gasteiger partial charge in [0.2, 0.25) is 0 Å². The summed E-state index contributed by atoms with van der Waals surface area (Å²) >= 11 is 0. The smallest absolute Gasteiger partial charge is 0.138 e. The van der Waals surface area contributed by atoms with Gasteiger partial charge in [-0.15, -0.1) is 0 Å². The summed E-state index contributed by atoms with van der Waals surface area (Å²) in [6.07, 6.45) is 0.823. The third-order valence-electron chi connectivity index (χ3n) is 5.59. The number of aryl methyl sites for hydroxylation is 1. The van der Waals surface area contributed by atoms with Gasteiger partial charge in [-0.1, -0.05) is 12.6 Å². The van der Waals surface area contributed by atoms with E-state index in [-0.39, 0.29) is 12.6 Å². The van der Waals surface area contributed by atoms with E-state index in [0.29, 0.717) is 47.1 Å². The van der Waals surface area contributed by atoms with Gasteiger partial charge in [0.15, 0.2) is 0 Å². The first-order valence-corrected chi connectivity index (χ1v) is 11.1. The van der Waals surface area contributed by atoms with Gasteiger partial charge in [0.1, 0.15) is 17.3 Å². The van der Waals surface area contributed by atoms with E-state index in [0.717, 1.165) is 17.2 Å². The SMILES string of the molecule is C=C1C(COCC)N1c1cc(Oc2cc(C#N)ccc2-c2ccc(C(O)CN)cn2)cc(C)n1. The van der Waals surface area contributed by atoms with Crippen LogP contribution in [-0.2, 0) is 4.74 Å². The number of rotatable bonds is 9. The van der Waals surface area contributed by atoms with E-state index in [9.17, 15) is 10.4 Å². The molecule has 1 fully saturated rings. The zero-order valence-electron chi connectivity index (χ0n) is 19.2. The number of pyridine rings is 2. The summed E-state index contributed by atoms with van der Waals surface area (Å²) in [5, 5.41) is 19.4. The third kappa shape index (κ3) is 4.92. The molecule has 0 aliphatic carbocycles. The molecule has 8 heteroatoms. The van der Waals surface area contributed by atoms with Crippen molar-refractivity contribution in [2.24, 2.45) is 5.73 Å². The van der Waals surface area contributed by atoms with E-state index < -0.39 is 6.10 Å². The fourth-order valence-electron chi connectivity index (χ4n) is 3.71. The Kier molecular flexibility index (Phi) is 6.89. The standard InChI is InChI=1S/C26H27N5O3/c1-4-33-15-23-17(3)31(23)26-11-20(9-16(2)30-26)34-25-10-18(12-27)5-7-21(25)22-8-6-19(14-29-22)24(32)13-28/h5-11,14,23-24,32H,3-4,13,15,28H2,1-2H3. The van der Waals surface area contributed by atoms with Crippen LogP contribution in [0.15, 0.2) is 60.9 Å². The lowest BCUT2D eigenvalue weighted by atomic mass is 10.1. The van der Waals surface area contributed by atoms with Crippen LogP contribution in [0.2, 0.25) is 0 Å². The van der Waals surface area contributed by atoms with Crippen molar-refractivity contribution in [3.63, 3.8) is 0 Å². The van der Waals surface area contributed by atoms with Gasteiger partial charge in [-0.3, -0.25) is 4.98 Å². The average Bonchev–Trinajstić information content (AvgIpc) is 3.50. The highest BCUT2D eigenvalue weighted by Crippen LogP contribution is 2.40. The van der Waals surface area contributed by atoms with Crippen LogP contribution in [0.5, 0.6) is 11.5 Å². The molecule has 3 N–H and O–H groups in total. The van der Waals surface area contributed by atoms with E-state index in [1.165, 1.54) is 0 Å². The molecule has 0 spiro atoms. The van der Waals surface area contributed by atoms with Gasteiger partial charge in [-0.2, -0.15) is 5.26 Å². The number of anilines is 1. The van der Waals surface area contributed by atoms with Crippen LogP contribution in [0.1, 0.15) is 29.8 Å². The topological polar surface area (TPSA) is 117 Å². The van der Waals surface area contributed by atoms with Gasteiger partial charge in [-0.25, -0.2) is 4.98 Å². The van der Waals surface area contributed by atoms with Crippen molar-refractivity contribution in [3.8, 4) is 28.8 Å². The number of nitrogens with two attached hydrogens (primary N) is 1. The first-order chi connectivity index (χ1) is 16.4. The maximum absolute atomic E-state index is 9.95. The minimum absolute atomic E-state index is 0.103. The molecule has 1 aliphatic heterocycles. The quantitative estimate of drug-likeness (QED) is 0.465. The number of benzene rings is 1. The lowest BCUT2D eigenvalue weighted by Crippen LogP contribution is -2.11. The van der Waals surface area contributed by atoms with Crippen LogP contribution in [0.25, 0.3) is 11.3 Å². The Morgan fingerprint density at radius 3 is 2.76 bits per heavy atom. The Morgan fingerprint density at radius 1 is 1.26 bits per heavy atom. The maximum Gasteiger partial charge on any atom is 0.138 e. The Hall–Kier alpha value is -3.77. The van der Waals surface area contributed by atoms with Gasteiger partial charge < -0.3 is 25.2 Å². The van der Waals surface area contributed by atoms with Gasteiger partial charge >= 0.3 is 0 Å².